The zero-order chi connectivity index (χ0) is 27.6. The summed E-state index contributed by atoms with van der Waals surface area (Å²) in [6.45, 7) is -0.959. The summed E-state index contributed by atoms with van der Waals surface area (Å²) < 4.78 is 27.0. The van der Waals surface area contributed by atoms with Crippen molar-refractivity contribution in [3.05, 3.63) is 0 Å². The van der Waals surface area contributed by atoms with Crippen LogP contribution < -0.4 is 5.32 Å². The van der Waals surface area contributed by atoms with Gasteiger partial charge in [-0.05, 0) is 0 Å². The molecule has 0 unspecified atom stereocenters. The molecule has 0 bridgehead atoms. The van der Waals surface area contributed by atoms with Gasteiger partial charge in [-0.15, -0.1) is 0 Å². The molecule has 3 rings (SSSR count). The van der Waals surface area contributed by atoms with Crippen LogP contribution in [0, 0.1) is 0 Å². The van der Waals surface area contributed by atoms with Gasteiger partial charge in [0, 0.05) is 6.92 Å². The topological polar surface area (TPSA) is 278 Å². The Balaban J connectivity index is 1.74. The summed E-state index contributed by atoms with van der Waals surface area (Å²) in [7, 11) is 0. The highest BCUT2D eigenvalue weighted by Gasteiger charge is 2.52. The average Bonchev–Trinajstić information content (AvgIpc) is 2.86. The molecule has 3 fully saturated rings. The molecule has 0 radical (unpaired) electrons. The van der Waals surface area contributed by atoms with E-state index in [1.807, 2.05) is 0 Å². The second-order valence-corrected chi connectivity index (χ2v) is 9.11. The van der Waals surface area contributed by atoms with Crippen LogP contribution in [0.2, 0.25) is 0 Å². The molecular weight excluding hydrogens is 510 g/mol. The minimum Gasteiger partial charge on any atom is -0.394 e. The summed E-state index contributed by atoms with van der Waals surface area (Å²) in [5, 5.41) is 102. The SMILES string of the molecule is CC(=O)N[C@H]1[C@H](OC[C@H]2O[C@H](O)[C@H](O)[C@@H](O)[C@@H]2O)O[C@H](CO)[C@@H](O[C@@H]2O[C@H](CO)[C@H](O)[C@H](O)[C@H]2O)[C@@H]1O. The molecule has 0 saturated carbocycles. The second-order valence-electron chi connectivity index (χ2n) is 9.11. The van der Waals surface area contributed by atoms with E-state index in [9.17, 15) is 55.9 Å². The van der Waals surface area contributed by atoms with Gasteiger partial charge in [0.25, 0.3) is 0 Å². The Morgan fingerprint density at radius 1 is 0.703 bits per heavy atom. The molecule has 37 heavy (non-hydrogen) atoms. The van der Waals surface area contributed by atoms with Crippen LogP contribution in [0.15, 0.2) is 0 Å². The molecule has 3 heterocycles. The number of carbonyl (C=O) groups excluding carboxylic acids is 1. The van der Waals surface area contributed by atoms with Crippen LogP contribution in [0.5, 0.6) is 0 Å². The van der Waals surface area contributed by atoms with Gasteiger partial charge in [0.05, 0.1) is 19.8 Å². The summed E-state index contributed by atoms with van der Waals surface area (Å²) in [6.07, 6.45) is -22.7. The van der Waals surface area contributed by atoms with Crippen molar-refractivity contribution in [1.82, 2.24) is 5.32 Å². The molecule has 3 aliphatic heterocycles. The van der Waals surface area contributed by atoms with Crippen molar-refractivity contribution in [1.29, 1.82) is 0 Å². The zero-order valence-corrected chi connectivity index (χ0v) is 19.7. The Morgan fingerprint density at radius 2 is 1.27 bits per heavy atom. The fourth-order valence-electron chi connectivity index (χ4n) is 4.36. The van der Waals surface area contributed by atoms with Crippen LogP contribution >= 0.6 is 0 Å². The molecule has 15 atom stereocenters. The van der Waals surface area contributed by atoms with E-state index in [0.717, 1.165) is 6.92 Å². The Kier molecular flexibility index (Phi) is 10.5. The number of hydrogen-bond acceptors (Lipinski definition) is 16. The van der Waals surface area contributed by atoms with Gasteiger partial charge in [-0.1, -0.05) is 0 Å². The summed E-state index contributed by atoms with van der Waals surface area (Å²) in [4.78, 5) is 11.8. The van der Waals surface area contributed by atoms with Crippen LogP contribution in [-0.2, 0) is 28.5 Å². The average molecular weight is 545 g/mol. The fraction of sp³-hybridized carbons (Fsp3) is 0.950. The van der Waals surface area contributed by atoms with Crippen molar-refractivity contribution in [3.8, 4) is 0 Å². The molecule has 3 saturated heterocycles. The number of carbonyl (C=O) groups is 1. The zero-order valence-electron chi connectivity index (χ0n) is 19.7. The lowest BCUT2D eigenvalue weighted by molar-refractivity contribution is -0.352. The van der Waals surface area contributed by atoms with Crippen molar-refractivity contribution in [2.45, 2.75) is 99.0 Å². The van der Waals surface area contributed by atoms with Crippen molar-refractivity contribution in [3.63, 3.8) is 0 Å². The number of rotatable bonds is 8. The molecule has 0 aromatic rings. The predicted molar refractivity (Wildman–Crippen MR) is 113 cm³/mol. The van der Waals surface area contributed by atoms with Gasteiger partial charge in [-0.3, -0.25) is 4.79 Å². The molecule has 0 aromatic carbocycles. The van der Waals surface area contributed by atoms with Crippen LogP contribution in [0.25, 0.3) is 0 Å². The number of nitrogens with one attached hydrogen (secondary N) is 1. The second kappa shape index (κ2) is 12.8. The van der Waals surface area contributed by atoms with E-state index in [-0.39, 0.29) is 0 Å². The summed E-state index contributed by atoms with van der Waals surface area (Å²) in [5.41, 5.74) is 0. The van der Waals surface area contributed by atoms with Crippen molar-refractivity contribution < 1.29 is 79.5 Å². The van der Waals surface area contributed by atoms with Gasteiger partial charge in [-0.25, -0.2) is 0 Å². The summed E-state index contributed by atoms with van der Waals surface area (Å²) in [6, 6.07) is -1.38. The molecule has 0 aliphatic carbocycles. The van der Waals surface area contributed by atoms with Crippen LogP contribution in [-0.4, -0.2) is 169 Å². The highest BCUT2D eigenvalue weighted by molar-refractivity contribution is 5.73. The molecule has 17 nitrogen and oxygen atoms in total. The highest BCUT2D eigenvalue weighted by atomic mass is 16.7. The van der Waals surface area contributed by atoms with Crippen LogP contribution in [0.4, 0.5) is 0 Å². The van der Waals surface area contributed by atoms with E-state index in [1.165, 1.54) is 0 Å². The largest absolute Gasteiger partial charge is 0.394 e. The predicted octanol–water partition coefficient (Wildman–Crippen LogP) is -7.43. The van der Waals surface area contributed by atoms with Crippen molar-refractivity contribution in [2.75, 3.05) is 19.8 Å². The van der Waals surface area contributed by atoms with Gasteiger partial charge < -0.3 is 80.1 Å². The van der Waals surface area contributed by atoms with Gasteiger partial charge in [0.1, 0.15) is 73.2 Å². The van der Waals surface area contributed by atoms with E-state index in [0.29, 0.717) is 0 Å². The molecule has 216 valence electrons. The normalized spacial score (nSPS) is 49.0. The maximum absolute atomic E-state index is 11.8. The van der Waals surface area contributed by atoms with E-state index < -0.39 is 118 Å². The number of amides is 1. The number of aliphatic hydroxyl groups is 10. The lowest BCUT2D eigenvalue weighted by Crippen LogP contribution is -2.68. The first kappa shape index (κ1) is 30.4. The van der Waals surface area contributed by atoms with E-state index in [4.69, 9.17) is 23.7 Å². The monoisotopic (exact) mass is 545 g/mol. The quantitative estimate of drug-likeness (QED) is 0.135. The number of aliphatic hydroxyl groups excluding tert-OH is 10. The standard InChI is InChI=1S/C20H35NO16/c1-5(24)21-9-12(27)17(37-20-16(31)14(29)10(25)6(2-22)35-20)7(3-23)36-19(9)33-4-8-11(26)13(28)15(30)18(32)34-8/h6-20,22-23,25-32H,2-4H2,1H3,(H,21,24)/t6-,7-,8-,9-,10+,11-,12-,13+,14+,15-,16-,17-,18+,19-,20+/m1/s1. The van der Waals surface area contributed by atoms with Crippen molar-refractivity contribution >= 4 is 5.91 Å². The van der Waals surface area contributed by atoms with Crippen molar-refractivity contribution in [2.24, 2.45) is 0 Å². The van der Waals surface area contributed by atoms with Crippen LogP contribution in [0.1, 0.15) is 6.92 Å². The molecule has 17 heteroatoms. The third kappa shape index (κ3) is 6.55. The van der Waals surface area contributed by atoms with Gasteiger partial charge >= 0.3 is 0 Å². The molecule has 0 aromatic heterocycles. The van der Waals surface area contributed by atoms with Gasteiger partial charge in [0.2, 0.25) is 5.91 Å². The maximum Gasteiger partial charge on any atom is 0.217 e. The first-order valence-corrected chi connectivity index (χ1v) is 11.6. The smallest absolute Gasteiger partial charge is 0.217 e. The Labute approximate surface area is 210 Å². The van der Waals surface area contributed by atoms with E-state index in [1.54, 1.807) is 0 Å². The highest BCUT2D eigenvalue weighted by Crippen LogP contribution is 2.30. The Hall–Kier alpha value is -1.13. The first-order chi connectivity index (χ1) is 17.4. The van der Waals surface area contributed by atoms with Gasteiger partial charge in [0.15, 0.2) is 18.9 Å². The minimum absolute atomic E-state index is 0.564. The number of ether oxygens (including phenoxy) is 5. The van der Waals surface area contributed by atoms with Gasteiger partial charge in [-0.2, -0.15) is 0 Å². The Bertz CT molecular complexity index is 745. The molecule has 3 aliphatic rings. The summed E-state index contributed by atoms with van der Waals surface area (Å²) in [5.74, 6) is -0.641. The van der Waals surface area contributed by atoms with E-state index in [2.05, 4.69) is 5.32 Å². The Morgan fingerprint density at radius 3 is 1.86 bits per heavy atom. The summed E-state index contributed by atoms with van der Waals surface area (Å²) >= 11 is 0. The lowest BCUT2D eigenvalue weighted by atomic mass is 9.95. The molecule has 0 spiro atoms. The number of hydrogen-bond donors (Lipinski definition) is 11. The van der Waals surface area contributed by atoms with Crippen LogP contribution in [0.3, 0.4) is 0 Å². The third-order valence-electron chi connectivity index (χ3n) is 6.47. The molecule has 1 amide bonds. The lowest BCUT2D eigenvalue weighted by Gasteiger charge is -2.47. The fourth-order valence-corrected chi connectivity index (χ4v) is 4.36. The minimum atomic E-state index is -1.84. The third-order valence-corrected chi connectivity index (χ3v) is 6.47. The first-order valence-electron chi connectivity index (χ1n) is 11.6. The molecular formula is C20H35NO16. The maximum atomic E-state index is 11.8. The van der Waals surface area contributed by atoms with E-state index >= 15 is 0 Å². The molecule has 11 N–H and O–H groups in total.